The fourth-order valence-electron chi connectivity index (χ4n) is 6.59. The molecule has 7 nitrogen and oxygen atoms in total. The highest BCUT2D eigenvalue weighted by Crippen LogP contribution is 2.37. The molecular formula is C57H60O7. The number of carbonyl (C=O) groups excluding carboxylic acids is 1. The number of methoxy groups -OCH3 is 1. The Morgan fingerprint density at radius 1 is 0.625 bits per heavy atom. The lowest BCUT2D eigenvalue weighted by atomic mass is 9.79. The van der Waals surface area contributed by atoms with Gasteiger partial charge in [-0.25, -0.2) is 4.79 Å². The molecule has 0 aromatic heterocycles. The summed E-state index contributed by atoms with van der Waals surface area (Å²) in [5.41, 5.74) is 0. The average molecular weight is 857 g/mol. The molecule has 2 fully saturated rings. The molecule has 2 aliphatic heterocycles. The lowest BCUT2D eigenvalue weighted by molar-refractivity contribution is -0.265. The SMILES string of the molecule is CC#CC#CC#CC#CC#CC#CC#CC#CC#CC#CC#CC#CC(=O)O[C@@H](COC1OC(COC)C(C)C(C)C1C)[C@@H]1OC(C)(C)O[C@@H]1C=CCCCCCCCCCCCC. The van der Waals surface area contributed by atoms with Crippen LogP contribution in [0.2, 0.25) is 0 Å². The van der Waals surface area contributed by atoms with Crippen LogP contribution in [0.1, 0.15) is 119 Å². The highest BCUT2D eigenvalue weighted by molar-refractivity contribution is 5.89. The van der Waals surface area contributed by atoms with Gasteiger partial charge in [-0.05, 0) is 140 Å². The van der Waals surface area contributed by atoms with Crippen LogP contribution in [0.3, 0.4) is 0 Å². The lowest BCUT2D eigenvalue weighted by Crippen LogP contribution is -2.49. The second-order valence-corrected chi connectivity index (χ2v) is 15.4. The van der Waals surface area contributed by atoms with Crippen molar-refractivity contribution in [3.05, 3.63) is 12.2 Å². The molecule has 0 aromatic rings. The van der Waals surface area contributed by atoms with E-state index in [1.807, 2.05) is 19.9 Å². The molecule has 0 radical (unpaired) electrons. The monoisotopic (exact) mass is 856 g/mol. The summed E-state index contributed by atoms with van der Waals surface area (Å²) >= 11 is 0. The summed E-state index contributed by atoms with van der Waals surface area (Å²) in [5.74, 6) is 59.8. The van der Waals surface area contributed by atoms with Crippen molar-refractivity contribution in [2.24, 2.45) is 17.8 Å². The first-order valence-corrected chi connectivity index (χ1v) is 22.0. The van der Waals surface area contributed by atoms with E-state index < -0.39 is 36.4 Å². The molecule has 0 N–H and O–H groups in total. The molecule has 0 bridgehead atoms. The largest absolute Gasteiger partial charge is 0.447 e. The quantitative estimate of drug-likeness (QED) is 0.0435. The van der Waals surface area contributed by atoms with E-state index in [0.29, 0.717) is 12.5 Å². The lowest BCUT2D eigenvalue weighted by Gasteiger charge is -2.43. The number of allylic oxidation sites excluding steroid dienone is 1. The van der Waals surface area contributed by atoms with E-state index in [9.17, 15) is 4.79 Å². The van der Waals surface area contributed by atoms with Crippen molar-refractivity contribution >= 4 is 5.97 Å². The Kier molecular flexibility index (Phi) is 28.8. The average Bonchev–Trinajstić information content (AvgIpc) is 3.59. The maximum absolute atomic E-state index is 13.1. The maximum Gasteiger partial charge on any atom is 0.385 e. The third-order valence-corrected chi connectivity index (χ3v) is 10.2. The molecule has 0 aromatic carbocycles. The molecule has 2 aliphatic rings. The molecule has 330 valence electrons. The Labute approximate surface area is 385 Å². The number of unbranched alkanes of at least 4 members (excludes halogenated alkanes) is 10. The van der Waals surface area contributed by atoms with Gasteiger partial charge in [0, 0.05) is 54.5 Å². The first-order valence-electron chi connectivity index (χ1n) is 22.0. The van der Waals surface area contributed by atoms with Crippen LogP contribution in [0.5, 0.6) is 0 Å². The van der Waals surface area contributed by atoms with Gasteiger partial charge in [0.25, 0.3) is 0 Å². The van der Waals surface area contributed by atoms with E-state index in [2.05, 4.69) is 176 Å². The van der Waals surface area contributed by atoms with Crippen molar-refractivity contribution in [3.8, 4) is 142 Å². The Bertz CT molecular complexity index is 2330. The van der Waals surface area contributed by atoms with Crippen LogP contribution in [0, 0.1) is 160 Å². The maximum atomic E-state index is 13.1. The van der Waals surface area contributed by atoms with Gasteiger partial charge < -0.3 is 28.4 Å². The van der Waals surface area contributed by atoms with Crippen molar-refractivity contribution in [3.63, 3.8) is 0 Å². The number of esters is 1. The first kappa shape index (κ1) is 53.9. The van der Waals surface area contributed by atoms with E-state index in [1.54, 1.807) is 14.0 Å². The number of hydrogen-bond donors (Lipinski definition) is 0. The number of ether oxygens (including phenoxy) is 6. The molecule has 0 aliphatic carbocycles. The van der Waals surface area contributed by atoms with Crippen LogP contribution >= 0.6 is 0 Å². The Hall–Kier alpha value is -6.27. The molecule has 5 unspecified atom stereocenters. The summed E-state index contributed by atoms with van der Waals surface area (Å²) in [6.07, 6.45) is 15.2. The van der Waals surface area contributed by atoms with E-state index in [4.69, 9.17) is 28.4 Å². The molecular weight excluding hydrogens is 797 g/mol. The van der Waals surface area contributed by atoms with Gasteiger partial charge in [0.05, 0.1) is 19.3 Å². The molecule has 2 heterocycles. The van der Waals surface area contributed by atoms with E-state index in [-0.39, 0.29) is 24.5 Å². The second kappa shape index (κ2) is 34.2. The van der Waals surface area contributed by atoms with Gasteiger partial charge in [-0.15, -0.1) is 0 Å². The Balaban J connectivity index is 2.05. The van der Waals surface area contributed by atoms with Crippen molar-refractivity contribution in [2.45, 2.75) is 156 Å². The van der Waals surface area contributed by atoms with Crippen molar-refractivity contribution in [1.29, 1.82) is 0 Å². The minimum atomic E-state index is -0.917. The van der Waals surface area contributed by atoms with Crippen LogP contribution in [0.4, 0.5) is 0 Å². The molecule has 64 heavy (non-hydrogen) atoms. The predicted octanol–water partition coefficient (Wildman–Crippen LogP) is 7.64. The van der Waals surface area contributed by atoms with Gasteiger partial charge in [0.2, 0.25) is 0 Å². The summed E-state index contributed by atoms with van der Waals surface area (Å²) in [6, 6.07) is 0. The molecule has 0 saturated carbocycles. The minimum absolute atomic E-state index is 0.00210. The first-order chi connectivity index (χ1) is 31.1. The smallest absolute Gasteiger partial charge is 0.385 e. The number of rotatable bonds is 19. The molecule has 8 atom stereocenters. The summed E-state index contributed by atoms with van der Waals surface area (Å²) < 4.78 is 36.8. The highest BCUT2D eigenvalue weighted by atomic mass is 16.8. The van der Waals surface area contributed by atoms with Crippen LogP contribution < -0.4 is 0 Å². The van der Waals surface area contributed by atoms with Gasteiger partial charge in [-0.2, -0.15) is 0 Å². The van der Waals surface area contributed by atoms with Crippen molar-refractivity contribution in [1.82, 2.24) is 0 Å². The topological polar surface area (TPSA) is 72.5 Å². The van der Waals surface area contributed by atoms with Crippen LogP contribution in [-0.4, -0.2) is 62.8 Å². The van der Waals surface area contributed by atoms with Gasteiger partial charge in [0.15, 0.2) is 18.2 Å². The molecule has 2 rings (SSSR count). The number of carbonyl (C=O) groups is 1. The number of hydrogen-bond acceptors (Lipinski definition) is 7. The minimum Gasteiger partial charge on any atom is -0.447 e. The summed E-state index contributed by atoms with van der Waals surface area (Å²) in [4.78, 5) is 13.1. The summed E-state index contributed by atoms with van der Waals surface area (Å²) in [6.45, 7) is 14.5. The van der Waals surface area contributed by atoms with Gasteiger partial charge in [0.1, 0.15) is 12.2 Å². The fourth-order valence-corrected chi connectivity index (χ4v) is 6.59. The van der Waals surface area contributed by atoms with E-state index >= 15 is 0 Å². The zero-order valence-corrected chi connectivity index (χ0v) is 38.8. The van der Waals surface area contributed by atoms with Gasteiger partial charge in [-0.1, -0.05) is 104 Å². The van der Waals surface area contributed by atoms with Crippen LogP contribution in [-0.2, 0) is 33.2 Å². The normalized spacial score (nSPS) is 20.9. The third kappa shape index (κ3) is 24.4. The van der Waals surface area contributed by atoms with Crippen LogP contribution in [0.15, 0.2) is 12.2 Å². The Morgan fingerprint density at radius 2 is 1.09 bits per heavy atom. The zero-order chi connectivity index (χ0) is 46.5. The summed E-state index contributed by atoms with van der Waals surface area (Å²) in [7, 11) is 1.66. The van der Waals surface area contributed by atoms with Crippen LogP contribution in [0.25, 0.3) is 0 Å². The van der Waals surface area contributed by atoms with E-state index in [0.717, 1.165) is 12.8 Å². The predicted molar refractivity (Wildman–Crippen MR) is 252 cm³/mol. The standard InChI is InChI=1S/C57H60O7/c1-9-11-13-15-17-19-21-23-24-25-26-27-28-29-30-31-32-33-35-37-39-41-43-45-54(58)61-53(47-60-56-50(5)48(3)49(4)52(62-56)46-59-8)55-51(63-57(6,7)64-55)44-42-40-38-36-34-22-20-18-16-14-12-10-2/h42,44,48-53,55-56H,10,12,14,16,18,20,22,34,36,38,40,46-47H2,1-8H3/t48?,49?,50?,51-,52?,53+,55-,56?/m1/s1. The van der Waals surface area contributed by atoms with Gasteiger partial charge >= 0.3 is 5.97 Å². The van der Waals surface area contributed by atoms with Crippen molar-refractivity contribution in [2.75, 3.05) is 20.3 Å². The highest BCUT2D eigenvalue weighted by Gasteiger charge is 2.47. The third-order valence-electron chi connectivity index (χ3n) is 10.2. The second-order valence-electron chi connectivity index (χ2n) is 15.4. The summed E-state index contributed by atoms with van der Waals surface area (Å²) in [5, 5.41) is 0. The zero-order valence-electron chi connectivity index (χ0n) is 38.8. The van der Waals surface area contributed by atoms with Crippen molar-refractivity contribution < 1.29 is 33.2 Å². The van der Waals surface area contributed by atoms with E-state index in [1.165, 1.54) is 57.8 Å². The molecule has 0 amide bonds. The molecule has 0 spiro atoms. The van der Waals surface area contributed by atoms with Gasteiger partial charge in [-0.3, -0.25) is 0 Å². The Morgan fingerprint density at radius 3 is 1.58 bits per heavy atom. The fraction of sp³-hybridized carbons (Fsp3) is 0.526. The molecule has 2 saturated heterocycles. The molecule has 7 heteroatoms.